The van der Waals surface area contributed by atoms with E-state index < -0.39 is 126 Å². The lowest BCUT2D eigenvalue weighted by molar-refractivity contribution is -0.318. The summed E-state index contributed by atoms with van der Waals surface area (Å²) in [5.41, 5.74) is -3.57. The molecule has 0 aliphatic carbocycles. The number of nitrogens with zero attached hydrogens (tertiary/aromatic N) is 8. The van der Waals surface area contributed by atoms with E-state index in [1.165, 1.54) is 31.1 Å². The van der Waals surface area contributed by atoms with Crippen LogP contribution in [0.3, 0.4) is 0 Å². The van der Waals surface area contributed by atoms with Gasteiger partial charge in [0.05, 0.1) is 71.6 Å². The largest absolute Gasteiger partial charge is 0.459 e. The van der Waals surface area contributed by atoms with Crippen molar-refractivity contribution in [1.29, 1.82) is 0 Å². The van der Waals surface area contributed by atoms with Crippen LogP contribution in [0.2, 0.25) is 0 Å². The van der Waals surface area contributed by atoms with E-state index in [9.17, 15) is 39.5 Å². The molecule has 0 saturated carbocycles. The van der Waals surface area contributed by atoms with Crippen LogP contribution < -0.4 is 4.90 Å². The minimum absolute atomic E-state index is 0.0759. The summed E-state index contributed by atoms with van der Waals surface area (Å²) in [5.74, 6) is -3.21. The van der Waals surface area contributed by atoms with Gasteiger partial charge in [0.25, 0.3) is 0 Å². The summed E-state index contributed by atoms with van der Waals surface area (Å²) in [7, 11) is 5.12. The SMILES string of the molecule is CC[C@H]1OC(=O)[C@H](C)[C@@H](O[C@H]2C[C@@](C)(OC)[C@@H](O)[C@H](C)O2)[C@H](C)[C@@H](O[C@@H]2O[C@H](C)C[C@H](N(C)CCc3cn(C[C@H]4CN(c5ccc(-c6ncon6)c(F)c5)C(=O)O4)nn3)[C@H]2O)[C@](C)(O)CCN(C)[C@H](C)[C@@H](O)[C@]1(C)O. The number of aromatic nitrogens is 5. The number of amides is 1. The summed E-state index contributed by atoms with van der Waals surface area (Å²) in [5, 5.41) is 71.6. The normalized spacial score (nSPS) is 38.9. The molecule has 24 heteroatoms. The predicted molar refractivity (Wildman–Crippen MR) is 265 cm³/mol. The van der Waals surface area contributed by atoms with Crippen LogP contribution >= 0.6 is 0 Å². The van der Waals surface area contributed by atoms with E-state index in [4.69, 9.17) is 37.7 Å². The summed E-state index contributed by atoms with van der Waals surface area (Å²) in [6, 6.07) is 3.11. The van der Waals surface area contributed by atoms with Crippen LogP contribution in [0.5, 0.6) is 0 Å². The number of halogens is 1. The fraction of sp³-hybridized carbons (Fsp3) is 0.765. The Hall–Kier alpha value is -4.31. The fourth-order valence-electron chi connectivity index (χ4n) is 11.0. The highest BCUT2D eigenvalue weighted by Crippen LogP contribution is 2.40. The number of esters is 1. The number of benzene rings is 1. The van der Waals surface area contributed by atoms with Crippen LogP contribution in [0.1, 0.15) is 93.7 Å². The first-order chi connectivity index (χ1) is 35.3. The Morgan fingerprint density at radius 2 is 1.73 bits per heavy atom. The number of carbonyl (C=O) groups is 2. The van der Waals surface area contributed by atoms with Crippen molar-refractivity contribution < 1.29 is 77.2 Å². The second-order valence-corrected chi connectivity index (χ2v) is 21.9. The maximum Gasteiger partial charge on any atom is 0.414 e. The van der Waals surface area contributed by atoms with Crippen molar-refractivity contribution in [2.24, 2.45) is 11.8 Å². The summed E-state index contributed by atoms with van der Waals surface area (Å²) >= 11 is 0. The van der Waals surface area contributed by atoms with Gasteiger partial charge in [-0.3, -0.25) is 9.69 Å². The van der Waals surface area contributed by atoms with E-state index in [0.29, 0.717) is 30.8 Å². The molecule has 4 fully saturated rings. The third-order valence-electron chi connectivity index (χ3n) is 16.2. The van der Waals surface area contributed by atoms with Crippen molar-refractivity contribution in [1.82, 2.24) is 34.9 Å². The molecule has 4 saturated heterocycles. The Kier molecular flexibility index (Phi) is 18.5. The lowest BCUT2D eigenvalue weighted by Crippen LogP contribution is -2.62. The number of ether oxygens (including phenoxy) is 7. The van der Waals surface area contributed by atoms with Crippen molar-refractivity contribution in [2.45, 2.75) is 197 Å². The van der Waals surface area contributed by atoms with Gasteiger partial charge in [-0.1, -0.05) is 24.2 Å². The van der Waals surface area contributed by atoms with Crippen LogP contribution in [0.25, 0.3) is 11.4 Å². The molecule has 18 atom stereocenters. The molecule has 2 aromatic heterocycles. The molecule has 5 N–H and O–H groups in total. The van der Waals surface area contributed by atoms with Gasteiger partial charge >= 0.3 is 12.1 Å². The van der Waals surface area contributed by atoms with Gasteiger partial charge in [-0.05, 0) is 100 Å². The summed E-state index contributed by atoms with van der Waals surface area (Å²) in [6.45, 7) is 16.2. The van der Waals surface area contributed by atoms with E-state index in [0.717, 1.165) is 6.39 Å². The number of hydrogen-bond donors (Lipinski definition) is 5. The van der Waals surface area contributed by atoms with E-state index >= 15 is 0 Å². The third kappa shape index (κ3) is 12.8. The molecule has 0 bridgehead atoms. The molecular weight excluding hydrogens is 984 g/mol. The van der Waals surface area contributed by atoms with Gasteiger partial charge < -0.3 is 73.0 Å². The number of hydrogen-bond acceptors (Lipinski definition) is 21. The minimum Gasteiger partial charge on any atom is -0.459 e. The number of cyclic esters (lactones) is 2. The Morgan fingerprint density at radius 1 is 1.00 bits per heavy atom. The van der Waals surface area contributed by atoms with Gasteiger partial charge in [0, 0.05) is 57.2 Å². The molecule has 0 radical (unpaired) electrons. The Bertz CT molecular complexity index is 2360. The topological polar surface area (TPSA) is 279 Å². The molecule has 4 aliphatic heterocycles. The smallest absolute Gasteiger partial charge is 0.414 e. The predicted octanol–water partition coefficient (Wildman–Crippen LogP) is 2.68. The highest BCUT2D eigenvalue weighted by Gasteiger charge is 2.53. The first-order valence-corrected chi connectivity index (χ1v) is 26.0. The molecule has 1 amide bonds. The van der Waals surface area contributed by atoms with Crippen LogP contribution in [-0.4, -0.2) is 210 Å². The first kappa shape index (κ1) is 58.4. The average molecular weight is 1060 g/mol. The number of carbonyl (C=O) groups excluding carboxylic acids is 2. The van der Waals surface area contributed by atoms with Gasteiger partial charge in [-0.25, -0.2) is 13.9 Å². The van der Waals surface area contributed by atoms with Gasteiger partial charge in [0.15, 0.2) is 12.6 Å². The van der Waals surface area contributed by atoms with Crippen LogP contribution in [0.15, 0.2) is 35.3 Å². The number of methoxy groups -OCH3 is 1. The maximum absolute atomic E-state index is 15.0. The molecule has 23 nitrogen and oxygen atoms in total. The summed E-state index contributed by atoms with van der Waals surface area (Å²) in [6.07, 6.45) is -7.60. The number of aliphatic hydroxyl groups is 5. The number of aliphatic hydroxyl groups excluding tert-OH is 3. The molecule has 0 spiro atoms. The fourth-order valence-corrected chi connectivity index (χ4v) is 11.0. The Balaban J connectivity index is 1.07. The van der Waals surface area contributed by atoms with Crippen molar-refractivity contribution in [2.75, 3.05) is 45.7 Å². The molecule has 420 valence electrons. The molecule has 7 rings (SSSR count). The van der Waals surface area contributed by atoms with Crippen molar-refractivity contribution in [3.8, 4) is 11.4 Å². The molecule has 3 aromatic rings. The molecule has 75 heavy (non-hydrogen) atoms. The zero-order valence-corrected chi connectivity index (χ0v) is 45.2. The zero-order chi connectivity index (χ0) is 54.9. The highest BCUT2D eigenvalue weighted by molar-refractivity contribution is 5.90. The molecule has 1 aromatic carbocycles. The number of likely N-dealkylation sites (N-methyl/N-ethyl adjacent to an activating group) is 2. The van der Waals surface area contributed by atoms with Crippen LogP contribution in [-0.2, 0) is 50.9 Å². The van der Waals surface area contributed by atoms with Gasteiger partial charge in [-0.15, -0.1) is 5.10 Å². The van der Waals surface area contributed by atoms with Gasteiger partial charge in [0.2, 0.25) is 12.2 Å². The van der Waals surface area contributed by atoms with E-state index in [1.807, 2.05) is 18.9 Å². The molecule has 6 heterocycles. The summed E-state index contributed by atoms with van der Waals surface area (Å²) < 4.78 is 64.9. The van der Waals surface area contributed by atoms with Crippen molar-refractivity contribution in [3.63, 3.8) is 0 Å². The number of rotatable bonds is 14. The molecular formula is C51H79FN8O15. The first-order valence-electron chi connectivity index (χ1n) is 26.0. The van der Waals surface area contributed by atoms with E-state index in [2.05, 4.69) is 20.5 Å². The lowest BCUT2D eigenvalue weighted by Gasteiger charge is -2.49. The standard InChI is InChI=1S/C51H79FN8O15/c1-13-38-51(9,67)42(62)30(5)57(10)19-17-49(7,66)44(28(3)41(29(4)46(64)73-38)74-39-22-50(8,68-12)43(63)31(6)71-39)75-47-40(61)37(20-27(2)70-47)58(11)18-16-32-23-59(56-54-32)24-34-25-60(48(65)72-34)33-14-15-35(36(52)21-33)45-53-26-69-55-45/h14-15,21,23,26-31,34,37-44,47,61-63,66-67H,13,16-20,22,24-25H2,1-12H3/t27-,28+,29-,30-,31+,34+,37+,38-,39+,40-,41+,42-,43+,44-,47+,49-,50-,51-/m1/s1. The van der Waals surface area contributed by atoms with E-state index in [1.54, 1.807) is 77.4 Å². The van der Waals surface area contributed by atoms with Crippen molar-refractivity contribution >= 4 is 17.7 Å². The average Bonchev–Trinajstić information content (AvgIpc) is 4.16. The summed E-state index contributed by atoms with van der Waals surface area (Å²) in [4.78, 5) is 36.3. The van der Waals surface area contributed by atoms with Gasteiger partial charge in [-0.2, -0.15) is 4.98 Å². The quantitative estimate of drug-likeness (QED) is 0.145. The van der Waals surface area contributed by atoms with Crippen molar-refractivity contribution in [3.05, 3.63) is 42.3 Å². The molecule has 0 unspecified atom stereocenters. The monoisotopic (exact) mass is 1060 g/mol. The van der Waals surface area contributed by atoms with Gasteiger partial charge in [0.1, 0.15) is 41.9 Å². The highest BCUT2D eigenvalue weighted by atomic mass is 19.1. The Morgan fingerprint density at radius 3 is 2.40 bits per heavy atom. The second kappa shape index (κ2) is 23.7. The number of anilines is 1. The molecule has 4 aliphatic rings. The zero-order valence-electron chi connectivity index (χ0n) is 45.2. The minimum atomic E-state index is -1.86. The Labute approximate surface area is 437 Å². The second-order valence-electron chi connectivity index (χ2n) is 21.9. The van der Waals surface area contributed by atoms with E-state index in [-0.39, 0.29) is 50.3 Å². The van der Waals surface area contributed by atoms with Crippen LogP contribution in [0, 0.1) is 17.7 Å². The third-order valence-corrected chi connectivity index (χ3v) is 16.2. The van der Waals surface area contributed by atoms with Crippen LogP contribution in [0.4, 0.5) is 14.9 Å². The maximum atomic E-state index is 15.0. The lowest BCUT2D eigenvalue weighted by atomic mass is 9.79.